The first-order valence-electron chi connectivity index (χ1n) is 5.63. The molecule has 0 aliphatic rings. The molecule has 0 saturated heterocycles. The van der Waals surface area contributed by atoms with E-state index in [0.29, 0.717) is 12.5 Å². The lowest BCUT2D eigenvalue weighted by Gasteiger charge is -2.07. The molecule has 0 spiro atoms. The number of aromatic nitrogens is 2. The van der Waals surface area contributed by atoms with Crippen molar-refractivity contribution in [3.05, 3.63) is 34.3 Å². The maximum absolute atomic E-state index is 11.8. The predicted octanol–water partition coefficient (Wildman–Crippen LogP) is 2.02. The molecule has 1 aromatic rings. The Morgan fingerprint density at radius 1 is 1.56 bits per heavy atom. The molecule has 0 atom stereocenters. The van der Waals surface area contributed by atoms with E-state index >= 15 is 0 Å². The van der Waals surface area contributed by atoms with Crippen molar-refractivity contribution < 1.29 is 0 Å². The Bertz CT molecular complexity index is 409. The van der Waals surface area contributed by atoms with Gasteiger partial charge in [-0.15, -0.1) is 6.58 Å². The minimum absolute atomic E-state index is 0.0347. The van der Waals surface area contributed by atoms with Crippen LogP contribution in [0.1, 0.15) is 31.0 Å². The Morgan fingerprint density at radius 3 is 2.88 bits per heavy atom. The van der Waals surface area contributed by atoms with Gasteiger partial charge in [-0.05, 0) is 19.8 Å². The zero-order valence-electron chi connectivity index (χ0n) is 9.97. The number of unbranched alkanes of at least 4 members (excludes halogenated alkanes) is 1. The van der Waals surface area contributed by atoms with E-state index in [2.05, 4.69) is 28.8 Å². The second-order valence-electron chi connectivity index (χ2n) is 3.75. The highest BCUT2D eigenvalue weighted by molar-refractivity contribution is 5.29. The van der Waals surface area contributed by atoms with Crippen LogP contribution in [0.5, 0.6) is 0 Å². The van der Waals surface area contributed by atoms with Gasteiger partial charge in [-0.25, -0.2) is 4.98 Å². The van der Waals surface area contributed by atoms with Gasteiger partial charge in [-0.3, -0.25) is 9.78 Å². The summed E-state index contributed by atoms with van der Waals surface area (Å²) in [6.07, 6.45) is 4.62. The molecule has 0 aliphatic heterocycles. The summed E-state index contributed by atoms with van der Waals surface area (Å²) in [5.74, 6) is 0.516. The highest BCUT2D eigenvalue weighted by Gasteiger charge is 2.06. The fourth-order valence-corrected chi connectivity index (χ4v) is 1.51. The normalized spacial score (nSPS) is 10.1. The highest BCUT2D eigenvalue weighted by Crippen LogP contribution is 2.06. The molecule has 4 heteroatoms. The number of aryl methyl sites for hydroxylation is 1. The quantitative estimate of drug-likeness (QED) is 0.722. The van der Waals surface area contributed by atoms with E-state index in [1.807, 2.05) is 6.92 Å². The van der Waals surface area contributed by atoms with Crippen molar-refractivity contribution in [1.29, 1.82) is 0 Å². The van der Waals surface area contributed by atoms with E-state index in [4.69, 9.17) is 0 Å². The van der Waals surface area contributed by atoms with Crippen molar-refractivity contribution in [2.45, 2.75) is 33.1 Å². The van der Waals surface area contributed by atoms with Gasteiger partial charge in [0.1, 0.15) is 0 Å². The maximum atomic E-state index is 11.8. The monoisotopic (exact) mass is 221 g/mol. The molecule has 1 rings (SSSR count). The largest absolute Gasteiger partial charge is 0.352 e. The van der Waals surface area contributed by atoms with E-state index in [0.717, 1.165) is 30.5 Å². The molecule has 1 aromatic heterocycles. The Kier molecular flexibility index (Phi) is 4.76. The number of rotatable bonds is 6. The van der Waals surface area contributed by atoms with Crippen molar-refractivity contribution in [1.82, 2.24) is 9.97 Å². The first-order chi connectivity index (χ1) is 7.69. The minimum atomic E-state index is -0.0347. The van der Waals surface area contributed by atoms with Crippen molar-refractivity contribution in [2.24, 2.45) is 0 Å². The minimum Gasteiger partial charge on any atom is -0.352 e. The van der Waals surface area contributed by atoms with Gasteiger partial charge in [0.15, 0.2) is 0 Å². The molecule has 88 valence electrons. The predicted molar refractivity (Wildman–Crippen MR) is 66.9 cm³/mol. The molecule has 0 aliphatic carbocycles. The number of nitrogens with one attached hydrogen (secondary N) is 2. The molecule has 16 heavy (non-hydrogen) atoms. The van der Waals surface area contributed by atoms with Crippen LogP contribution >= 0.6 is 0 Å². The van der Waals surface area contributed by atoms with Crippen molar-refractivity contribution in [2.75, 3.05) is 11.9 Å². The summed E-state index contributed by atoms with van der Waals surface area (Å²) >= 11 is 0. The average Bonchev–Trinajstić information content (AvgIpc) is 2.25. The van der Waals surface area contributed by atoms with Crippen molar-refractivity contribution in [3.63, 3.8) is 0 Å². The molecule has 0 bridgehead atoms. The Labute approximate surface area is 95.8 Å². The Hall–Kier alpha value is -1.58. The zero-order chi connectivity index (χ0) is 12.0. The van der Waals surface area contributed by atoms with Gasteiger partial charge in [0.25, 0.3) is 5.56 Å². The number of hydrogen-bond acceptors (Lipinski definition) is 3. The van der Waals surface area contributed by atoms with Gasteiger partial charge in [0.2, 0.25) is 5.95 Å². The molecule has 0 amide bonds. The van der Waals surface area contributed by atoms with Crippen LogP contribution in [-0.4, -0.2) is 16.5 Å². The molecule has 2 N–H and O–H groups in total. The summed E-state index contributed by atoms with van der Waals surface area (Å²) < 4.78 is 0. The topological polar surface area (TPSA) is 57.8 Å². The fraction of sp³-hybridized carbons (Fsp3) is 0.500. The molecule has 1 heterocycles. The standard InChI is InChI=1S/C12H19N3O/c1-4-6-7-10-9(3)14-12(13-8-5-2)15-11(10)16/h5H,2,4,6-8H2,1,3H3,(H2,13,14,15,16). The maximum Gasteiger partial charge on any atom is 0.255 e. The fourth-order valence-electron chi connectivity index (χ4n) is 1.51. The van der Waals surface area contributed by atoms with Gasteiger partial charge in [-0.2, -0.15) is 0 Å². The van der Waals surface area contributed by atoms with E-state index < -0.39 is 0 Å². The number of aromatic amines is 1. The van der Waals surface area contributed by atoms with Crippen LogP contribution in [0.4, 0.5) is 5.95 Å². The lowest BCUT2D eigenvalue weighted by Crippen LogP contribution is -2.19. The smallest absolute Gasteiger partial charge is 0.255 e. The Balaban J connectivity index is 2.89. The van der Waals surface area contributed by atoms with E-state index in [-0.39, 0.29) is 5.56 Å². The lowest BCUT2D eigenvalue weighted by atomic mass is 10.1. The molecule has 4 nitrogen and oxygen atoms in total. The number of anilines is 1. The summed E-state index contributed by atoms with van der Waals surface area (Å²) in [7, 11) is 0. The van der Waals surface area contributed by atoms with Crippen LogP contribution in [0, 0.1) is 6.92 Å². The highest BCUT2D eigenvalue weighted by atomic mass is 16.1. The van der Waals surface area contributed by atoms with Gasteiger partial charge in [0.05, 0.1) is 0 Å². The van der Waals surface area contributed by atoms with Crippen LogP contribution in [-0.2, 0) is 6.42 Å². The SMILES string of the molecule is C=CCNc1nc(C)c(CCCC)c(=O)[nH]1. The molecule has 0 fully saturated rings. The van der Waals surface area contributed by atoms with Crippen molar-refractivity contribution >= 4 is 5.95 Å². The van der Waals surface area contributed by atoms with Crippen LogP contribution < -0.4 is 10.9 Å². The van der Waals surface area contributed by atoms with Gasteiger partial charge >= 0.3 is 0 Å². The summed E-state index contributed by atoms with van der Waals surface area (Å²) in [5.41, 5.74) is 1.57. The lowest BCUT2D eigenvalue weighted by molar-refractivity contribution is 0.774. The second kappa shape index (κ2) is 6.10. The van der Waals surface area contributed by atoms with Crippen LogP contribution in [0.25, 0.3) is 0 Å². The average molecular weight is 221 g/mol. The molecule has 0 unspecified atom stereocenters. The van der Waals surface area contributed by atoms with E-state index in [1.54, 1.807) is 6.08 Å². The molecular formula is C12H19N3O. The van der Waals surface area contributed by atoms with Crippen LogP contribution in [0.15, 0.2) is 17.4 Å². The first-order valence-corrected chi connectivity index (χ1v) is 5.63. The summed E-state index contributed by atoms with van der Waals surface area (Å²) in [6.45, 7) is 8.17. The third-order valence-electron chi connectivity index (χ3n) is 2.42. The van der Waals surface area contributed by atoms with Gasteiger partial charge < -0.3 is 5.32 Å². The molecule has 0 radical (unpaired) electrons. The third-order valence-corrected chi connectivity index (χ3v) is 2.42. The number of H-pyrrole nitrogens is 1. The Morgan fingerprint density at radius 2 is 2.31 bits per heavy atom. The first kappa shape index (κ1) is 12.5. The van der Waals surface area contributed by atoms with Crippen LogP contribution in [0.3, 0.4) is 0 Å². The molecule has 0 saturated carbocycles. The number of hydrogen-bond donors (Lipinski definition) is 2. The second-order valence-corrected chi connectivity index (χ2v) is 3.75. The van der Waals surface area contributed by atoms with Crippen molar-refractivity contribution in [3.8, 4) is 0 Å². The number of nitrogens with zero attached hydrogens (tertiary/aromatic N) is 1. The van der Waals surface area contributed by atoms with E-state index in [9.17, 15) is 4.79 Å². The molecular weight excluding hydrogens is 202 g/mol. The molecule has 0 aromatic carbocycles. The zero-order valence-corrected chi connectivity index (χ0v) is 9.97. The summed E-state index contributed by atoms with van der Waals surface area (Å²) in [5, 5.41) is 2.97. The van der Waals surface area contributed by atoms with Crippen LogP contribution in [0.2, 0.25) is 0 Å². The van der Waals surface area contributed by atoms with E-state index in [1.165, 1.54) is 0 Å². The third kappa shape index (κ3) is 3.22. The summed E-state index contributed by atoms with van der Waals surface area (Å²) in [4.78, 5) is 18.8. The van der Waals surface area contributed by atoms with Gasteiger partial charge in [0, 0.05) is 17.8 Å². The van der Waals surface area contributed by atoms with Gasteiger partial charge in [-0.1, -0.05) is 19.4 Å². The summed E-state index contributed by atoms with van der Waals surface area (Å²) in [6, 6.07) is 0.